The Balaban J connectivity index is 2.15. The molecule has 0 atom stereocenters. The SMILES string of the molecule is O=C(O)/C=C/c1cc(Br)c(OCc2ccccc2)c(Br)c1. The van der Waals surface area contributed by atoms with Crippen LogP contribution in [0.15, 0.2) is 57.5 Å². The van der Waals surface area contributed by atoms with Crippen molar-refractivity contribution in [1.29, 1.82) is 0 Å². The van der Waals surface area contributed by atoms with E-state index in [1.807, 2.05) is 42.5 Å². The van der Waals surface area contributed by atoms with Crippen molar-refractivity contribution in [2.24, 2.45) is 0 Å². The maximum atomic E-state index is 10.5. The Labute approximate surface area is 139 Å². The molecule has 1 N–H and O–H groups in total. The van der Waals surface area contributed by atoms with E-state index in [2.05, 4.69) is 31.9 Å². The van der Waals surface area contributed by atoms with E-state index < -0.39 is 5.97 Å². The van der Waals surface area contributed by atoms with E-state index in [9.17, 15) is 4.79 Å². The average Bonchev–Trinajstić information content (AvgIpc) is 2.45. The minimum Gasteiger partial charge on any atom is -0.487 e. The first-order chi connectivity index (χ1) is 10.1. The van der Waals surface area contributed by atoms with Gasteiger partial charge in [-0.05, 0) is 61.2 Å². The topological polar surface area (TPSA) is 46.5 Å². The molecule has 0 saturated carbocycles. The van der Waals surface area contributed by atoms with Gasteiger partial charge in [0.15, 0.2) is 0 Å². The fourth-order valence-corrected chi connectivity index (χ4v) is 3.16. The summed E-state index contributed by atoms with van der Waals surface area (Å²) in [5.41, 5.74) is 1.84. The van der Waals surface area contributed by atoms with E-state index in [1.54, 1.807) is 0 Å². The molecule has 0 aliphatic rings. The van der Waals surface area contributed by atoms with Crippen LogP contribution in [0.1, 0.15) is 11.1 Å². The third-order valence-electron chi connectivity index (χ3n) is 2.66. The molecule has 0 amide bonds. The van der Waals surface area contributed by atoms with Gasteiger partial charge in [0, 0.05) is 6.08 Å². The number of benzene rings is 2. The highest BCUT2D eigenvalue weighted by atomic mass is 79.9. The highest BCUT2D eigenvalue weighted by Crippen LogP contribution is 2.35. The van der Waals surface area contributed by atoms with Crippen LogP contribution in [0.25, 0.3) is 6.08 Å². The molecular formula is C16H12Br2O3. The molecule has 5 heteroatoms. The first-order valence-electron chi connectivity index (χ1n) is 6.13. The Bertz CT molecular complexity index is 643. The Hall–Kier alpha value is -1.59. The molecule has 21 heavy (non-hydrogen) atoms. The van der Waals surface area contributed by atoms with E-state index in [0.29, 0.717) is 12.4 Å². The number of aliphatic carboxylic acids is 1. The van der Waals surface area contributed by atoms with Crippen molar-refractivity contribution in [2.45, 2.75) is 6.61 Å². The summed E-state index contributed by atoms with van der Waals surface area (Å²) in [6, 6.07) is 13.5. The van der Waals surface area contributed by atoms with Crippen LogP contribution in [0.3, 0.4) is 0 Å². The van der Waals surface area contributed by atoms with Crippen LogP contribution in [-0.4, -0.2) is 11.1 Å². The number of hydrogen-bond acceptors (Lipinski definition) is 2. The highest BCUT2D eigenvalue weighted by molar-refractivity contribution is 9.11. The van der Waals surface area contributed by atoms with Crippen LogP contribution in [0.2, 0.25) is 0 Å². The first kappa shape index (κ1) is 15.8. The summed E-state index contributed by atoms with van der Waals surface area (Å²) in [6.07, 6.45) is 2.62. The van der Waals surface area contributed by atoms with Gasteiger partial charge < -0.3 is 9.84 Å². The molecular weight excluding hydrogens is 400 g/mol. The Morgan fingerprint density at radius 1 is 1.14 bits per heavy atom. The van der Waals surface area contributed by atoms with Crippen LogP contribution in [-0.2, 0) is 11.4 Å². The molecule has 0 aromatic heterocycles. The summed E-state index contributed by atoms with van der Waals surface area (Å²) >= 11 is 6.88. The zero-order valence-electron chi connectivity index (χ0n) is 10.9. The first-order valence-corrected chi connectivity index (χ1v) is 7.71. The van der Waals surface area contributed by atoms with Crippen molar-refractivity contribution in [3.05, 3.63) is 68.6 Å². The zero-order chi connectivity index (χ0) is 15.2. The Kier molecular flexibility index (Phi) is 5.59. The van der Waals surface area contributed by atoms with Crippen molar-refractivity contribution in [3.8, 4) is 5.75 Å². The number of ether oxygens (including phenoxy) is 1. The summed E-state index contributed by atoms with van der Waals surface area (Å²) in [7, 11) is 0. The van der Waals surface area contributed by atoms with Crippen LogP contribution in [0, 0.1) is 0 Å². The standard InChI is InChI=1S/C16H12Br2O3/c17-13-8-12(6-7-15(19)20)9-14(18)16(13)21-10-11-4-2-1-3-5-11/h1-9H,10H2,(H,19,20)/b7-6+. The Morgan fingerprint density at radius 2 is 1.76 bits per heavy atom. The normalized spacial score (nSPS) is 10.8. The van der Waals surface area contributed by atoms with Gasteiger partial charge in [-0.3, -0.25) is 0 Å². The lowest BCUT2D eigenvalue weighted by Gasteiger charge is -2.11. The molecule has 2 rings (SSSR count). The van der Waals surface area contributed by atoms with Crippen LogP contribution in [0.5, 0.6) is 5.75 Å². The molecule has 0 saturated heterocycles. The number of halogens is 2. The van der Waals surface area contributed by atoms with Crippen LogP contribution in [0.4, 0.5) is 0 Å². The smallest absolute Gasteiger partial charge is 0.328 e. The largest absolute Gasteiger partial charge is 0.487 e. The van der Waals surface area contributed by atoms with Crippen molar-refractivity contribution >= 4 is 43.9 Å². The fraction of sp³-hybridized carbons (Fsp3) is 0.0625. The van der Waals surface area contributed by atoms with Crippen molar-refractivity contribution in [1.82, 2.24) is 0 Å². The highest BCUT2D eigenvalue weighted by Gasteiger charge is 2.08. The summed E-state index contributed by atoms with van der Waals surface area (Å²) in [5.74, 6) is -0.294. The molecule has 0 aliphatic heterocycles. The fourth-order valence-electron chi connectivity index (χ4n) is 1.71. The Morgan fingerprint density at radius 3 is 2.33 bits per heavy atom. The summed E-state index contributed by atoms with van der Waals surface area (Å²) in [6.45, 7) is 0.461. The molecule has 2 aromatic rings. The van der Waals surface area contributed by atoms with Gasteiger partial charge in [-0.15, -0.1) is 0 Å². The zero-order valence-corrected chi connectivity index (χ0v) is 14.1. The molecule has 0 unspecified atom stereocenters. The maximum Gasteiger partial charge on any atom is 0.328 e. The molecule has 0 bridgehead atoms. The molecule has 0 heterocycles. The molecule has 3 nitrogen and oxygen atoms in total. The van der Waals surface area contributed by atoms with E-state index >= 15 is 0 Å². The van der Waals surface area contributed by atoms with E-state index in [1.165, 1.54) is 6.08 Å². The van der Waals surface area contributed by atoms with Gasteiger partial charge in [-0.25, -0.2) is 4.79 Å². The van der Waals surface area contributed by atoms with Gasteiger partial charge in [0.2, 0.25) is 0 Å². The minimum atomic E-state index is -0.980. The lowest BCUT2D eigenvalue weighted by molar-refractivity contribution is -0.131. The van der Waals surface area contributed by atoms with Crippen molar-refractivity contribution < 1.29 is 14.6 Å². The number of hydrogen-bond donors (Lipinski definition) is 1. The van der Waals surface area contributed by atoms with Gasteiger partial charge in [0.25, 0.3) is 0 Å². The van der Waals surface area contributed by atoms with Crippen LogP contribution < -0.4 is 4.74 Å². The molecule has 0 radical (unpaired) electrons. The van der Waals surface area contributed by atoms with E-state index in [-0.39, 0.29) is 0 Å². The monoisotopic (exact) mass is 410 g/mol. The average molecular weight is 412 g/mol. The summed E-state index contributed by atoms with van der Waals surface area (Å²) in [5, 5.41) is 8.64. The van der Waals surface area contributed by atoms with Crippen molar-refractivity contribution in [3.63, 3.8) is 0 Å². The summed E-state index contributed by atoms with van der Waals surface area (Å²) < 4.78 is 7.32. The predicted molar refractivity (Wildman–Crippen MR) is 89.3 cm³/mol. The predicted octanol–water partition coefficient (Wildman–Crippen LogP) is 4.89. The molecule has 0 aliphatic carbocycles. The van der Waals surface area contributed by atoms with Gasteiger partial charge in [0.05, 0.1) is 8.95 Å². The molecule has 0 spiro atoms. The second-order valence-electron chi connectivity index (χ2n) is 4.26. The van der Waals surface area contributed by atoms with E-state index in [0.717, 1.165) is 26.1 Å². The maximum absolute atomic E-state index is 10.5. The van der Waals surface area contributed by atoms with Crippen LogP contribution >= 0.6 is 31.9 Å². The molecule has 108 valence electrons. The third kappa shape index (κ3) is 4.72. The molecule has 2 aromatic carbocycles. The van der Waals surface area contributed by atoms with Gasteiger partial charge in [0.1, 0.15) is 12.4 Å². The number of carbonyl (C=O) groups is 1. The second-order valence-corrected chi connectivity index (χ2v) is 5.97. The number of rotatable bonds is 5. The van der Waals surface area contributed by atoms with Gasteiger partial charge in [-0.1, -0.05) is 30.3 Å². The van der Waals surface area contributed by atoms with Crippen molar-refractivity contribution in [2.75, 3.05) is 0 Å². The quantitative estimate of drug-likeness (QED) is 0.712. The van der Waals surface area contributed by atoms with Gasteiger partial charge in [-0.2, -0.15) is 0 Å². The molecule has 0 fully saturated rings. The second kappa shape index (κ2) is 7.43. The lowest BCUT2D eigenvalue weighted by Crippen LogP contribution is -1.97. The number of carboxylic acids is 1. The number of carboxylic acid groups (broad SMARTS) is 1. The third-order valence-corrected chi connectivity index (χ3v) is 3.84. The summed E-state index contributed by atoms with van der Waals surface area (Å²) in [4.78, 5) is 10.5. The van der Waals surface area contributed by atoms with E-state index in [4.69, 9.17) is 9.84 Å². The van der Waals surface area contributed by atoms with Gasteiger partial charge >= 0.3 is 5.97 Å². The lowest BCUT2D eigenvalue weighted by atomic mass is 10.2. The minimum absolute atomic E-state index is 0.461.